The zero-order chi connectivity index (χ0) is 28.3. The lowest BCUT2D eigenvalue weighted by Gasteiger charge is -2.28. The van der Waals surface area contributed by atoms with Crippen LogP contribution in [0, 0.1) is 13.8 Å². The molecule has 8 nitrogen and oxygen atoms in total. The van der Waals surface area contributed by atoms with Gasteiger partial charge in [0.1, 0.15) is 5.75 Å². The normalized spacial score (nSPS) is 16.4. The summed E-state index contributed by atoms with van der Waals surface area (Å²) in [5.74, 6) is 0.415. The van der Waals surface area contributed by atoms with Crippen molar-refractivity contribution in [1.29, 1.82) is 0 Å². The number of carbonyl (C=O) groups is 1. The van der Waals surface area contributed by atoms with Gasteiger partial charge in [-0.05, 0) is 86.2 Å². The molecule has 2 N–H and O–H groups in total. The number of nitrogens with zero attached hydrogens (tertiary/aromatic N) is 4. The number of rotatable bonds is 8. The highest BCUT2D eigenvalue weighted by Crippen LogP contribution is 2.44. The second kappa shape index (κ2) is 11.5. The molecule has 0 bridgehead atoms. The number of nitrogens with one attached hydrogen (secondary N) is 2. The second-order valence-electron chi connectivity index (χ2n) is 9.67. The number of thiocarbonyl (C=S) groups is 1. The average Bonchev–Trinajstić information content (AvgIpc) is 3.71. The Morgan fingerprint density at radius 3 is 2.51 bits per heavy atom. The van der Waals surface area contributed by atoms with Crippen LogP contribution in [0.5, 0.6) is 5.75 Å². The summed E-state index contributed by atoms with van der Waals surface area (Å²) >= 11 is 7.51. The Kier molecular flexibility index (Phi) is 7.49. The van der Waals surface area contributed by atoms with Crippen LogP contribution in [0.25, 0.3) is 5.13 Å². The Hall–Kier alpha value is -4.54. The Labute approximate surface area is 247 Å². The summed E-state index contributed by atoms with van der Waals surface area (Å²) in [5, 5.41) is 9.95. The van der Waals surface area contributed by atoms with Crippen molar-refractivity contribution in [3.63, 3.8) is 0 Å². The van der Waals surface area contributed by atoms with Crippen LogP contribution in [0.1, 0.15) is 34.7 Å². The van der Waals surface area contributed by atoms with E-state index in [1.54, 1.807) is 17.5 Å². The molecule has 0 saturated carbocycles. The number of para-hydroxylation sites is 1. The third-order valence-electron chi connectivity index (χ3n) is 7.04. The summed E-state index contributed by atoms with van der Waals surface area (Å²) in [6.45, 7) is 4.14. The predicted molar refractivity (Wildman–Crippen MR) is 166 cm³/mol. The van der Waals surface area contributed by atoms with E-state index in [9.17, 15) is 4.79 Å². The van der Waals surface area contributed by atoms with E-state index in [2.05, 4.69) is 50.0 Å². The molecule has 1 fully saturated rings. The molecule has 3 aromatic heterocycles. The molecule has 41 heavy (non-hydrogen) atoms. The highest BCUT2D eigenvalue weighted by atomic mass is 32.1. The fourth-order valence-electron chi connectivity index (χ4n) is 5.22. The molecule has 2 atom stereocenters. The maximum absolute atomic E-state index is 12.5. The predicted octanol–water partition coefficient (Wildman–Crippen LogP) is 6.14. The lowest BCUT2D eigenvalue weighted by molar-refractivity contribution is -0.118. The molecular formula is C31H28N6O2S2. The van der Waals surface area contributed by atoms with Crippen molar-refractivity contribution < 1.29 is 9.53 Å². The van der Waals surface area contributed by atoms with E-state index in [4.69, 9.17) is 17.0 Å². The van der Waals surface area contributed by atoms with Crippen molar-refractivity contribution in [3.8, 4) is 10.9 Å². The largest absolute Gasteiger partial charge is 0.484 e. The number of hydrogen-bond donors (Lipinski definition) is 2. The van der Waals surface area contributed by atoms with Crippen LogP contribution in [0.2, 0.25) is 0 Å². The van der Waals surface area contributed by atoms with E-state index in [0.29, 0.717) is 16.5 Å². The fourth-order valence-corrected chi connectivity index (χ4v) is 6.32. The Morgan fingerprint density at radius 2 is 1.80 bits per heavy atom. The molecule has 206 valence electrons. The van der Waals surface area contributed by atoms with Gasteiger partial charge in [-0.15, -0.1) is 11.3 Å². The minimum absolute atomic E-state index is 0.0750. The van der Waals surface area contributed by atoms with Crippen LogP contribution in [0.15, 0.2) is 96.6 Å². The molecule has 1 saturated heterocycles. The van der Waals surface area contributed by atoms with E-state index < -0.39 is 0 Å². The maximum atomic E-state index is 12.5. The third kappa shape index (κ3) is 5.44. The SMILES string of the molecule is Cc1cc([C@@H]2[C@H](c3ccccn3)NC(=S)N2c2ccc(NC(=O)COc3ccccc3)cc2)c(C)n1-c1nccs1. The highest BCUT2D eigenvalue weighted by molar-refractivity contribution is 7.80. The number of aromatic nitrogens is 3. The van der Waals surface area contributed by atoms with Crippen LogP contribution in [-0.4, -0.2) is 32.2 Å². The van der Waals surface area contributed by atoms with Crippen molar-refractivity contribution >= 4 is 45.9 Å². The monoisotopic (exact) mass is 580 g/mol. The first-order valence-electron chi connectivity index (χ1n) is 13.2. The zero-order valence-corrected chi connectivity index (χ0v) is 24.2. The maximum Gasteiger partial charge on any atom is 0.262 e. The van der Waals surface area contributed by atoms with Gasteiger partial charge in [0.15, 0.2) is 16.9 Å². The number of benzene rings is 2. The molecule has 0 radical (unpaired) electrons. The van der Waals surface area contributed by atoms with Crippen LogP contribution in [-0.2, 0) is 4.79 Å². The molecule has 5 aromatic rings. The van der Waals surface area contributed by atoms with Gasteiger partial charge in [0.2, 0.25) is 0 Å². The number of thiazole rings is 1. The zero-order valence-electron chi connectivity index (χ0n) is 22.5. The number of pyridine rings is 1. The molecule has 10 heteroatoms. The molecule has 1 aliphatic heterocycles. The standard InChI is InChI=1S/C31H28N6O2S2/c1-20-18-25(21(2)36(20)31-33-16-17-41-31)29-28(26-10-6-7-15-32-26)35-30(40)37(29)23-13-11-22(12-14-23)34-27(38)19-39-24-8-4-3-5-9-24/h3-18,28-29H,19H2,1-2H3,(H,34,38)(H,35,40)/t28-,29+/m0/s1. The molecule has 6 rings (SSSR count). The van der Waals surface area contributed by atoms with Gasteiger partial charge in [0.25, 0.3) is 5.91 Å². The van der Waals surface area contributed by atoms with Gasteiger partial charge in [0, 0.05) is 40.5 Å². The van der Waals surface area contributed by atoms with Crippen molar-refractivity contribution in [1.82, 2.24) is 19.9 Å². The first-order valence-corrected chi connectivity index (χ1v) is 14.5. The molecule has 0 aliphatic carbocycles. The van der Waals surface area contributed by atoms with Crippen LogP contribution >= 0.6 is 23.6 Å². The summed E-state index contributed by atoms with van der Waals surface area (Å²) in [6.07, 6.45) is 3.62. The van der Waals surface area contributed by atoms with E-state index in [0.717, 1.165) is 33.5 Å². The number of ether oxygens (including phenoxy) is 1. The number of hydrogen-bond acceptors (Lipinski definition) is 6. The van der Waals surface area contributed by atoms with Crippen molar-refractivity contribution in [2.75, 3.05) is 16.8 Å². The smallest absolute Gasteiger partial charge is 0.262 e. The van der Waals surface area contributed by atoms with Gasteiger partial charge >= 0.3 is 0 Å². The van der Waals surface area contributed by atoms with E-state index >= 15 is 0 Å². The van der Waals surface area contributed by atoms with Gasteiger partial charge < -0.3 is 20.3 Å². The lowest BCUT2D eigenvalue weighted by atomic mass is 9.96. The number of aryl methyl sites for hydroxylation is 1. The second-order valence-corrected chi connectivity index (χ2v) is 10.9. The number of anilines is 2. The average molecular weight is 581 g/mol. The molecule has 2 aromatic carbocycles. The number of amides is 1. The van der Waals surface area contributed by atoms with Crippen LogP contribution in [0.4, 0.5) is 11.4 Å². The molecule has 1 amide bonds. The molecule has 0 unspecified atom stereocenters. The minimum atomic E-state index is -0.234. The Morgan fingerprint density at radius 1 is 1.02 bits per heavy atom. The summed E-state index contributed by atoms with van der Waals surface area (Å²) in [5.41, 5.74) is 5.82. The van der Waals surface area contributed by atoms with Crippen molar-refractivity contribution in [2.45, 2.75) is 25.9 Å². The Balaban J connectivity index is 1.29. The van der Waals surface area contributed by atoms with Crippen LogP contribution in [0.3, 0.4) is 0 Å². The van der Waals surface area contributed by atoms with Gasteiger partial charge in [-0.2, -0.15) is 0 Å². The van der Waals surface area contributed by atoms with E-state index in [1.807, 2.05) is 84.4 Å². The quantitative estimate of drug-likeness (QED) is 0.213. The number of carbonyl (C=O) groups excluding carboxylic acids is 1. The highest BCUT2D eigenvalue weighted by Gasteiger charge is 2.42. The summed E-state index contributed by atoms with van der Waals surface area (Å²) in [7, 11) is 0. The van der Waals surface area contributed by atoms with E-state index in [1.165, 1.54) is 0 Å². The Bertz CT molecular complexity index is 1650. The molecular weight excluding hydrogens is 553 g/mol. The van der Waals surface area contributed by atoms with Gasteiger partial charge in [-0.1, -0.05) is 24.3 Å². The summed E-state index contributed by atoms with van der Waals surface area (Å²) in [6, 6.07) is 24.8. The summed E-state index contributed by atoms with van der Waals surface area (Å²) < 4.78 is 7.75. The molecule has 0 spiro atoms. The van der Waals surface area contributed by atoms with Crippen LogP contribution < -0.4 is 20.3 Å². The van der Waals surface area contributed by atoms with Gasteiger partial charge in [0.05, 0.1) is 17.8 Å². The summed E-state index contributed by atoms with van der Waals surface area (Å²) in [4.78, 5) is 23.8. The van der Waals surface area contributed by atoms with E-state index in [-0.39, 0.29) is 24.6 Å². The molecule has 4 heterocycles. The van der Waals surface area contributed by atoms with Gasteiger partial charge in [-0.3, -0.25) is 14.3 Å². The first-order chi connectivity index (χ1) is 20.0. The fraction of sp³-hybridized carbons (Fsp3) is 0.161. The lowest BCUT2D eigenvalue weighted by Crippen LogP contribution is -2.29. The minimum Gasteiger partial charge on any atom is -0.484 e. The van der Waals surface area contributed by atoms with Crippen molar-refractivity contribution in [2.24, 2.45) is 0 Å². The topological polar surface area (TPSA) is 84.3 Å². The molecule has 1 aliphatic rings. The third-order valence-corrected chi connectivity index (χ3v) is 8.11. The van der Waals surface area contributed by atoms with Gasteiger partial charge in [-0.25, -0.2) is 4.98 Å². The van der Waals surface area contributed by atoms with Crippen molar-refractivity contribution in [3.05, 3.63) is 119 Å². The first kappa shape index (κ1) is 26.7.